The summed E-state index contributed by atoms with van der Waals surface area (Å²) in [6.45, 7) is 5.49. The van der Waals surface area contributed by atoms with Crippen molar-refractivity contribution in [1.82, 2.24) is 10.2 Å². The fraction of sp³-hybridized carbons (Fsp3) is 0.625. The van der Waals surface area contributed by atoms with Gasteiger partial charge in [0, 0.05) is 25.2 Å². The molecule has 2 saturated heterocycles. The first-order valence-corrected chi connectivity index (χ1v) is 7.38. The van der Waals surface area contributed by atoms with Gasteiger partial charge in [0.15, 0.2) is 0 Å². The van der Waals surface area contributed by atoms with Crippen molar-refractivity contribution in [1.29, 1.82) is 0 Å². The van der Waals surface area contributed by atoms with Crippen molar-refractivity contribution in [3.05, 3.63) is 29.3 Å². The third kappa shape index (κ3) is 2.63. The molecule has 1 aromatic carbocycles. The molecule has 19 heavy (non-hydrogen) atoms. The van der Waals surface area contributed by atoms with E-state index in [0.717, 1.165) is 30.9 Å². The largest absolute Gasteiger partial charge is 0.496 e. The zero-order valence-corrected chi connectivity index (χ0v) is 12.0. The van der Waals surface area contributed by atoms with E-state index in [4.69, 9.17) is 4.74 Å². The highest BCUT2D eigenvalue weighted by Crippen LogP contribution is 2.30. The second kappa shape index (κ2) is 5.51. The summed E-state index contributed by atoms with van der Waals surface area (Å²) in [5, 5.41) is 3.56. The first-order chi connectivity index (χ1) is 9.28. The molecular formula is C16H24N2O. The zero-order valence-electron chi connectivity index (χ0n) is 12.0. The molecule has 2 fully saturated rings. The van der Waals surface area contributed by atoms with Crippen LogP contribution < -0.4 is 10.1 Å². The predicted molar refractivity (Wildman–Crippen MR) is 77.6 cm³/mol. The Bertz CT molecular complexity index is 432. The molecule has 2 aliphatic rings. The van der Waals surface area contributed by atoms with E-state index < -0.39 is 0 Å². The highest BCUT2D eigenvalue weighted by molar-refractivity contribution is 5.36. The Balaban J connectivity index is 1.77. The number of benzene rings is 1. The van der Waals surface area contributed by atoms with Gasteiger partial charge in [0.25, 0.3) is 0 Å². The van der Waals surface area contributed by atoms with Crippen LogP contribution in [0.1, 0.15) is 30.4 Å². The quantitative estimate of drug-likeness (QED) is 0.902. The van der Waals surface area contributed by atoms with Crippen LogP contribution in [0, 0.1) is 6.92 Å². The molecule has 2 unspecified atom stereocenters. The molecule has 0 amide bonds. The summed E-state index contributed by atoms with van der Waals surface area (Å²) >= 11 is 0. The van der Waals surface area contributed by atoms with Crippen molar-refractivity contribution in [2.24, 2.45) is 0 Å². The molecule has 2 atom stereocenters. The van der Waals surface area contributed by atoms with E-state index >= 15 is 0 Å². The smallest absolute Gasteiger partial charge is 0.122 e. The molecule has 2 aliphatic heterocycles. The van der Waals surface area contributed by atoms with Gasteiger partial charge >= 0.3 is 0 Å². The minimum absolute atomic E-state index is 0.722. The number of hydrogen-bond acceptors (Lipinski definition) is 3. The molecule has 3 heteroatoms. The lowest BCUT2D eigenvalue weighted by atomic mass is 10.1. The van der Waals surface area contributed by atoms with Gasteiger partial charge in [-0.1, -0.05) is 12.1 Å². The molecule has 0 radical (unpaired) electrons. The fourth-order valence-corrected chi connectivity index (χ4v) is 3.51. The number of fused-ring (bicyclic) bond motifs is 2. The average molecular weight is 260 g/mol. The topological polar surface area (TPSA) is 24.5 Å². The molecule has 104 valence electrons. The first-order valence-electron chi connectivity index (χ1n) is 7.38. The number of hydrogen-bond donors (Lipinski definition) is 1. The summed E-state index contributed by atoms with van der Waals surface area (Å²) < 4.78 is 5.44. The zero-order chi connectivity index (χ0) is 13.2. The van der Waals surface area contributed by atoms with Crippen LogP contribution in [-0.4, -0.2) is 37.2 Å². The molecule has 3 rings (SSSR count). The molecule has 0 aromatic heterocycles. The normalized spacial score (nSPS) is 27.3. The van der Waals surface area contributed by atoms with Gasteiger partial charge in [0.05, 0.1) is 7.11 Å². The van der Waals surface area contributed by atoms with E-state index in [0.29, 0.717) is 0 Å². The third-order valence-corrected chi connectivity index (χ3v) is 4.64. The second-order valence-corrected chi connectivity index (χ2v) is 5.85. The van der Waals surface area contributed by atoms with Crippen molar-refractivity contribution in [2.45, 2.75) is 44.8 Å². The van der Waals surface area contributed by atoms with E-state index in [2.05, 4.69) is 35.3 Å². The van der Waals surface area contributed by atoms with E-state index in [1.54, 1.807) is 7.11 Å². The Hall–Kier alpha value is -1.06. The van der Waals surface area contributed by atoms with Crippen molar-refractivity contribution < 1.29 is 4.74 Å². The van der Waals surface area contributed by atoms with Gasteiger partial charge in [0.2, 0.25) is 0 Å². The fourth-order valence-electron chi connectivity index (χ4n) is 3.51. The number of aryl methyl sites for hydroxylation is 1. The number of rotatable bonds is 3. The van der Waals surface area contributed by atoms with Gasteiger partial charge in [-0.05, 0) is 49.9 Å². The van der Waals surface area contributed by atoms with Gasteiger partial charge in [-0.15, -0.1) is 0 Å². The van der Waals surface area contributed by atoms with E-state index in [1.807, 2.05) is 0 Å². The van der Waals surface area contributed by atoms with Crippen LogP contribution in [0.4, 0.5) is 0 Å². The maximum Gasteiger partial charge on any atom is 0.122 e. The maximum absolute atomic E-state index is 5.44. The molecule has 1 aromatic rings. The van der Waals surface area contributed by atoms with Gasteiger partial charge in [-0.25, -0.2) is 0 Å². The lowest BCUT2D eigenvalue weighted by Crippen LogP contribution is -2.37. The van der Waals surface area contributed by atoms with Crippen LogP contribution in [0.5, 0.6) is 5.75 Å². The molecule has 2 bridgehead atoms. The van der Waals surface area contributed by atoms with Crippen LogP contribution in [0.3, 0.4) is 0 Å². The van der Waals surface area contributed by atoms with Crippen molar-refractivity contribution in [3.8, 4) is 5.75 Å². The van der Waals surface area contributed by atoms with Gasteiger partial charge in [-0.3, -0.25) is 4.90 Å². The van der Waals surface area contributed by atoms with Crippen LogP contribution >= 0.6 is 0 Å². The van der Waals surface area contributed by atoms with Crippen LogP contribution in [0.25, 0.3) is 0 Å². The monoisotopic (exact) mass is 260 g/mol. The lowest BCUT2D eigenvalue weighted by molar-refractivity contribution is 0.193. The number of nitrogens with one attached hydrogen (secondary N) is 1. The first kappa shape index (κ1) is 12.9. The Morgan fingerprint density at radius 2 is 2.11 bits per heavy atom. The highest BCUT2D eigenvalue weighted by atomic mass is 16.5. The molecule has 0 spiro atoms. The molecule has 0 aliphatic carbocycles. The highest BCUT2D eigenvalue weighted by Gasteiger charge is 2.34. The lowest BCUT2D eigenvalue weighted by Gasteiger charge is -2.27. The SMILES string of the molecule is COc1cc(CN2C3CCNCC2CC3)ccc1C. The van der Waals surface area contributed by atoms with Gasteiger partial charge in [-0.2, -0.15) is 0 Å². The number of ether oxygens (including phenoxy) is 1. The van der Waals surface area contributed by atoms with Gasteiger partial charge in [0.1, 0.15) is 5.75 Å². The van der Waals surface area contributed by atoms with Crippen LogP contribution in [0.2, 0.25) is 0 Å². The Labute approximate surface area is 115 Å². The summed E-state index contributed by atoms with van der Waals surface area (Å²) in [7, 11) is 1.76. The third-order valence-electron chi connectivity index (χ3n) is 4.64. The van der Waals surface area contributed by atoms with E-state index in [1.165, 1.54) is 36.9 Å². The molecule has 2 heterocycles. The van der Waals surface area contributed by atoms with Crippen molar-refractivity contribution >= 4 is 0 Å². The summed E-state index contributed by atoms with van der Waals surface area (Å²) in [6, 6.07) is 8.11. The summed E-state index contributed by atoms with van der Waals surface area (Å²) in [6.07, 6.45) is 4.01. The van der Waals surface area contributed by atoms with Gasteiger partial charge < -0.3 is 10.1 Å². The minimum Gasteiger partial charge on any atom is -0.496 e. The molecular weight excluding hydrogens is 236 g/mol. The van der Waals surface area contributed by atoms with E-state index in [-0.39, 0.29) is 0 Å². The Morgan fingerprint density at radius 1 is 1.26 bits per heavy atom. The molecule has 1 N–H and O–H groups in total. The van der Waals surface area contributed by atoms with E-state index in [9.17, 15) is 0 Å². The maximum atomic E-state index is 5.44. The summed E-state index contributed by atoms with van der Waals surface area (Å²) in [5.41, 5.74) is 2.59. The van der Waals surface area contributed by atoms with Crippen LogP contribution in [0.15, 0.2) is 18.2 Å². The Morgan fingerprint density at radius 3 is 2.95 bits per heavy atom. The van der Waals surface area contributed by atoms with Crippen molar-refractivity contribution in [3.63, 3.8) is 0 Å². The van der Waals surface area contributed by atoms with Crippen LogP contribution in [-0.2, 0) is 6.54 Å². The number of methoxy groups -OCH3 is 1. The number of nitrogens with zero attached hydrogens (tertiary/aromatic N) is 1. The minimum atomic E-state index is 0.722. The average Bonchev–Trinajstić information content (AvgIpc) is 2.65. The second-order valence-electron chi connectivity index (χ2n) is 5.85. The molecule has 0 saturated carbocycles. The summed E-state index contributed by atoms with van der Waals surface area (Å²) in [4.78, 5) is 2.70. The predicted octanol–water partition coefficient (Wildman–Crippen LogP) is 2.33. The summed E-state index contributed by atoms with van der Waals surface area (Å²) in [5.74, 6) is 1.01. The standard InChI is InChI=1S/C16H24N2O/c1-12-3-4-13(9-16(12)19-2)11-18-14-5-6-15(18)10-17-8-7-14/h3-4,9,14-15,17H,5-8,10-11H2,1-2H3. The van der Waals surface area contributed by atoms with Crippen molar-refractivity contribution in [2.75, 3.05) is 20.2 Å². The Kier molecular flexibility index (Phi) is 3.76. The molecule has 3 nitrogen and oxygen atoms in total.